The number of nitrogens with one attached hydrogen (secondary N) is 2. The molecule has 0 radical (unpaired) electrons. The highest BCUT2D eigenvalue weighted by Crippen LogP contribution is 2.32. The molecule has 4 rings (SSSR count). The van der Waals surface area contributed by atoms with Gasteiger partial charge in [-0.25, -0.2) is 4.79 Å². The van der Waals surface area contributed by atoms with Crippen molar-refractivity contribution in [3.05, 3.63) is 87.4 Å². The number of rotatable bonds is 6. The molecule has 0 fully saturated rings. The highest BCUT2D eigenvalue weighted by molar-refractivity contribution is 6.42. The summed E-state index contributed by atoms with van der Waals surface area (Å²) in [6, 6.07) is 17.1. The number of halogens is 2. The number of benzene rings is 3. The maximum Gasteiger partial charge on any atom is 0.319 e. The maximum absolute atomic E-state index is 13.6. The molecule has 0 saturated heterocycles. The molecule has 0 bridgehead atoms. The lowest BCUT2D eigenvalue weighted by atomic mass is 9.92. The molecule has 0 unspecified atom stereocenters. The fraction of sp³-hybridized carbons (Fsp3) is 0.231. The van der Waals surface area contributed by atoms with Crippen LogP contribution >= 0.6 is 23.2 Å². The summed E-state index contributed by atoms with van der Waals surface area (Å²) in [7, 11) is 3.08. The van der Waals surface area contributed by atoms with Gasteiger partial charge in [0.05, 0.1) is 30.3 Å². The van der Waals surface area contributed by atoms with Gasteiger partial charge in [-0.1, -0.05) is 47.5 Å². The number of carbonyl (C=O) groups excluding carboxylic acids is 2. The van der Waals surface area contributed by atoms with Crippen molar-refractivity contribution in [2.75, 3.05) is 32.6 Å². The molecule has 1 atom stereocenters. The number of anilines is 1. The lowest BCUT2D eigenvalue weighted by Gasteiger charge is -2.37. The molecule has 0 spiro atoms. The minimum absolute atomic E-state index is 0.173. The lowest BCUT2D eigenvalue weighted by Crippen LogP contribution is -2.45. The molecule has 0 saturated carbocycles. The molecule has 182 valence electrons. The first kappa shape index (κ1) is 24.7. The van der Waals surface area contributed by atoms with Gasteiger partial charge in [0.15, 0.2) is 0 Å². The molecule has 1 aliphatic rings. The molecule has 0 aromatic heterocycles. The van der Waals surface area contributed by atoms with Crippen LogP contribution in [0, 0.1) is 0 Å². The number of methoxy groups -OCH3 is 2. The molecular weight excluding hydrogens is 489 g/mol. The van der Waals surface area contributed by atoms with Crippen molar-refractivity contribution in [1.29, 1.82) is 0 Å². The van der Waals surface area contributed by atoms with Gasteiger partial charge in [0.2, 0.25) is 0 Å². The number of amides is 3. The monoisotopic (exact) mass is 513 g/mol. The maximum atomic E-state index is 13.6. The van der Waals surface area contributed by atoms with Crippen LogP contribution in [0.3, 0.4) is 0 Å². The molecule has 0 aliphatic carbocycles. The van der Waals surface area contributed by atoms with Crippen LogP contribution in [0.2, 0.25) is 10.0 Å². The highest BCUT2D eigenvalue weighted by atomic mass is 35.5. The zero-order chi connectivity index (χ0) is 24.9. The normalized spacial score (nSPS) is 14.6. The van der Waals surface area contributed by atoms with Gasteiger partial charge in [-0.15, -0.1) is 0 Å². The predicted molar refractivity (Wildman–Crippen MR) is 137 cm³/mol. The average Bonchev–Trinajstić information content (AvgIpc) is 2.88. The van der Waals surface area contributed by atoms with Gasteiger partial charge in [-0.3, -0.25) is 4.79 Å². The number of nitrogens with zero attached hydrogens (tertiary/aromatic N) is 1. The fourth-order valence-corrected chi connectivity index (χ4v) is 4.45. The summed E-state index contributed by atoms with van der Waals surface area (Å²) in [4.78, 5) is 28.0. The van der Waals surface area contributed by atoms with Crippen molar-refractivity contribution in [1.82, 2.24) is 10.2 Å². The summed E-state index contributed by atoms with van der Waals surface area (Å²) >= 11 is 12.0. The fourth-order valence-electron chi connectivity index (χ4n) is 4.15. The van der Waals surface area contributed by atoms with E-state index in [0.717, 1.165) is 17.5 Å². The molecule has 9 heteroatoms. The molecule has 35 heavy (non-hydrogen) atoms. The number of hydrogen-bond donors (Lipinski definition) is 2. The van der Waals surface area contributed by atoms with Crippen LogP contribution in [0.1, 0.15) is 27.5 Å². The average molecular weight is 514 g/mol. The Kier molecular flexibility index (Phi) is 7.68. The zero-order valence-electron chi connectivity index (χ0n) is 19.3. The molecule has 7 nitrogen and oxygen atoms in total. The number of ether oxygens (including phenoxy) is 2. The summed E-state index contributed by atoms with van der Waals surface area (Å²) in [5.41, 5.74) is 3.11. The van der Waals surface area contributed by atoms with E-state index in [1.807, 2.05) is 18.2 Å². The van der Waals surface area contributed by atoms with Crippen LogP contribution in [-0.2, 0) is 6.42 Å². The molecule has 3 aromatic rings. The first-order chi connectivity index (χ1) is 16.9. The number of hydrogen-bond acceptors (Lipinski definition) is 4. The van der Waals surface area contributed by atoms with Crippen LogP contribution < -0.4 is 20.1 Å². The van der Waals surface area contributed by atoms with Gasteiger partial charge in [-0.05, 0) is 47.9 Å². The van der Waals surface area contributed by atoms with E-state index in [0.29, 0.717) is 39.3 Å². The summed E-state index contributed by atoms with van der Waals surface area (Å²) in [6.07, 6.45) is 0.717. The van der Waals surface area contributed by atoms with E-state index in [2.05, 4.69) is 16.7 Å². The van der Waals surface area contributed by atoms with Crippen LogP contribution in [0.15, 0.2) is 60.7 Å². The Morgan fingerprint density at radius 3 is 2.37 bits per heavy atom. The first-order valence-corrected chi connectivity index (χ1v) is 11.8. The Morgan fingerprint density at radius 2 is 1.69 bits per heavy atom. The molecule has 2 N–H and O–H groups in total. The summed E-state index contributed by atoms with van der Waals surface area (Å²) in [5.74, 6) is 0.884. The van der Waals surface area contributed by atoms with E-state index in [1.165, 1.54) is 0 Å². The third kappa shape index (κ3) is 5.63. The SMILES string of the molecule is COc1cc(OC)cc(C(=O)N2CCc3ccccc3[C@@H]2CNC(=O)Nc2ccc(Cl)c(Cl)c2)c1. The van der Waals surface area contributed by atoms with Crippen molar-refractivity contribution >= 4 is 40.8 Å². The predicted octanol–water partition coefficient (Wildman–Crippen LogP) is 5.57. The largest absolute Gasteiger partial charge is 0.497 e. The van der Waals surface area contributed by atoms with Crippen LogP contribution in [0.4, 0.5) is 10.5 Å². The van der Waals surface area contributed by atoms with Crippen molar-refractivity contribution in [3.63, 3.8) is 0 Å². The Labute approximate surface area is 213 Å². The zero-order valence-corrected chi connectivity index (χ0v) is 20.8. The van der Waals surface area contributed by atoms with Crippen molar-refractivity contribution < 1.29 is 19.1 Å². The Balaban J connectivity index is 1.56. The third-order valence-electron chi connectivity index (χ3n) is 5.91. The second-order valence-electron chi connectivity index (χ2n) is 8.03. The number of urea groups is 1. The Morgan fingerprint density at radius 1 is 0.971 bits per heavy atom. The molecule has 1 heterocycles. The summed E-state index contributed by atoms with van der Waals surface area (Å²) < 4.78 is 10.7. The molecule has 3 aromatic carbocycles. The van der Waals surface area contributed by atoms with E-state index in [-0.39, 0.29) is 18.5 Å². The van der Waals surface area contributed by atoms with Crippen molar-refractivity contribution in [2.24, 2.45) is 0 Å². The van der Waals surface area contributed by atoms with E-state index >= 15 is 0 Å². The van der Waals surface area contributed by atoms with Gasteiger partial charge in [-0.2, -0.15) is 0 Å². The number of carbonyl (C=O) groups is 2. The van der Waals surface area contributed by atoms with E-state index in [9.17, 15) is 9.59 Å². The van der Waals surface area contributed by atoms with Crippen LogP contribution in [0.25, 0.3) is 0 Å². The van der Waals surface area contributed by atoms with Gasteiger partial charge < -0.3 is 25.0 Å². The molecule has 3 amide bonds. The quantitative estimate of drug-likeness (QED) is 0.451. The van der Waals surface area contributed by atoms with E-state index in [1.54, 1.807) is 55.5 Å². The van der Waals surface area contributed by atoms with E-state index in [4.69, 9.17) is 32.7 Å². The lowest BCUT2D eigenvalue weighted by molar-refractivity contribution is 0.0660. The van der Waals surface area contributed by atoms with E-state index < -0.39 is 6.03 Å². The van der Waals surface area contributed by atoms with Crippen LogP contribution in [-0.4, -0.2) is 44.1 Å². The highest BCUT2D eigenvalue weighted by Gasteiger charge is 2.32. The minimum atomic E-state index is -0.415. The topological polar surface area (TPSA) is 79.9 Å². The van der Waals surface area contributed by atoms with Gasteiger partial charge in [0.1, 0.15) is 11.5 Å². The summed E-state index contributed by atoms with van der Waals surface area (Å²) in [5, 5.41) is 6.38. The second-order valence-corrected chi connectivity index (χ2v) is 8.84. The number of fused-ring (bicyclic) bond motifs is 1. The van der Waals surface area contributed by atoms with Crippen molar-refractivity contribution in [3.8, 4) is 11.5 Å². The summed E-state index contributed by atoms with van der Waals surface area (Å²) in [6.45, 7) is 0.729. The standard InChI is InChI=1S/C26H25Cl2N3O4/c1-34-19-11-17(12-20(14-19)35-2)25(32)31-10-9-16-5-3-4-6-21(16)24(31)15-29-26(33)30-18-7-8-22(27)23(28)13-18/h3-8,11-14,24H,9-10,15H2,1-2H3,(H2,29,30,33)/t24-/m0/s1. The second kappa shape index (κ2) is 10.9. The smallest absolute Gasteiger partial charge is 0.319 e. The Bertz CT molecular complexity index is 1230. The molecule has 1 aliphatic heterocycles. The van der Waals surface area contributed by atoms with Crippen LogP contribution in [0.5, 0.6) is 11.5 Å². The van der Waals surface area contributed by atoms with Gasteiger partial charge in [0.25, 0.3) is 5.91 Å². The van der Waals surface area contributed by atoms with Gasteiger partial charge in [0, 0.05) is 30.4 Å². The minimum Gasteiger partial charge on any atom is -0.497 e. The molecular formula is C26H25Cl2N3O4. The first-order valence-electron chi connectivity index (χ1n) is 11.0. The van der Waals surface area contributed by atoms with Gasteiger partial charge >= 0.3 is 6.03 Å². The Hall–Kier alpha value is -3.42. The third-order valence-corrected chi connectivity index (χ3v) is 6.64. The van der Waals surface area contributed by atoms with Crippen molar-refractivity contribution in [2.45, 2.75) is 12.5 Å².